The Kier molecular flexibility index (Phi) is 3.80. The lowest BCUT2D eigenvalue weighted by molar-refractivity contribution is 0.0871. The van der Waals surface area contributed by atoms with Crippen LogP contribution in [0.3, 0.4) is 0 Å². The Bertz CT molecular complexity index is 359. The Morgan fingerprint density at radius 2 is 2.06 bits per heavy atom. The zero-order valence-electron chi connectivity index (χ0n) is 10.2. The Balaban J connectivity index is 1.96. The molecule has 0 unspecified atom stereocenters. The van der Waals surface area contributed by atoms with Crippen molar-refractivity contribution in [2.45, 2.75) is 46.0 Å². The average Bonchev–Trinajstić information content (AvgIpc) is 2.75. The van der Waals surface area contributed by atoms with Gasteiger partial charge in [-0.25, -0.2) is 0 Å². The van der Waals surface area contributed by atoms with E-state index in [1.807, 2.05) is 11.4 Å². The molecule has 88 valence electrons. The molecule has 0 N–H and O–H groups in total. The summed E-state index contributed by atoms with van der Waals surface area (Å²) in [6, 6.07) is 2.04. The number of aryl methyl sites for hydroxylation is 1. The summed E-state index contributed by atoms with van der Waals surface area (Å²) in [6.45, 7) is 4.32. The van der Waals surface area contributed by atoms with Crippen LogP contribution in [-0.2, 0) is 0 Å². The molecule has 0 saturated heterocycles. The van der Waals surface area contributed by atoms with Crippen LogP contribution >= 0.6 is 11.3 Å². The summed E-state index contributed by atoms with van der Waals surface area (Å²) in [4.78, 5) is 13.5. The van der Waals surface area contributed by atoms with Gasteiger partial charge in [0.05, 0.1) is 0 Å². The van der Waals surface area contributed by atoms with Crippen molar-refractivity contribution in [3.8, 4) is 0 Å². The van der Waals surface area contributed by atoms with Crippen molar-refractivity contribution in [3.63, 3.8) is 0 Å². The maximum Gasteiger partial charge on any atom is 0.166 e. The Labute approximate surface area is 102 Å². The first-order chi connectivity index (χ1) is 7.70. The van der Waals surface area contributed by atoms with Gasteiger partial charge >= 0.3 is 0 Å². The van der Waals surface area contributed by atoms with E-state index in [0.29, 0.717) is 11.7 Å². The summed E-state index contributed by atoms with van der Waals surface area (Å²) >= 11 is 1.68. The monoisotopic (exact) mass is 236 g/mol. The number of hydrogen-bond acceptors (Lipinski definition) is 2. The quantitative estimate of drug-likeness (QED) is 0.708. The summed E-state index contributed by atoms with van der Waals surface area (Å²) in [7, 11) is 0. The van der Waals surface area contributed by atoms with E-state index in [2.05, 4.69) is 13.8 Å². The van der Waals surface area contributed by atoms with Gasteiger partial charge in [-0.1, -0.05) is 13.3 Å². The van der Waals surface area contributed by atoms with Crippen LogP contribution in [0.5, 0.6) is 0 Å². The lowest BCUT2D eigenvalue weighted by Crippen LogP contribution is -2.21. The Hall–Kier alpha value is -0.630. The fraction of sp³-hybridized carbons (Fsp3) is 0.643. The lowest BCUT2D eigenvalue weighted by Gasteiger charge is -2.26. The number of Topliss-reactive ketones (excluding diaryl/α,β-unsaturated/α-hetero) is 1. The van der Waals surface area contributed by atoms with E-state index in [1.165, 1.54) is 24.1 Å². The summed E-state index contributed by atoms with van der Waals surface area (Å²) < 4.78 is 0. The van der Waals surface area contributed by atoms with Crippen LogP contribution < -0.4 is 0 Å². The van der Waals surface area contributed by atoms with Crippen LogP contribution in [0.1, 0.15) is 54.3 Å². The molecule has 2 heteroatoms. The molecule has 0 aromatic carbocycles. The van der Waals surface area contributed by atoms with Gasteiger partial charge in [0.2, 0.25) is 0 Å². The predicted octanol–water partition coefficient (Wildman–Crippen LogP) is 4.46. The van der Waals surface area contributed by atoms with Crippen molar-refractivity contribution in [2.75, 3.05) is 0 Å². The minimum Gasteiger partial charge on any atom is -0.294 e. The highest BCUT2D eigenvalue weighted by Crippen LogP contribution is 2.33. The molecular weight excluding hydrogens is 216 g/mol. The van der Waals surface area contributed by atoms with Crippen LogP contribution in [0, 0.1) is 18.8 Å². The van der Waals surface area contributed by atoms with Crippen molar-refractivity contribution in [1.82, 2.24) is 0 Å². The topological polar surface area (TPSA) is 17.1 Å². The van der Waals surface area contributed by atoms with Crippen molar-refractivity contribution >= 4 is 17.1 Å². The summed E-state index contributed by atoms with van der Waals surface area (Å²) in [5, 5.41) is 2.02. The summed E-state index contributed by atoms with van der Waals surface area (Å²) in [5.41, 5.74) is 0.947. The van der Waals surface area contributed by atoms with E-state index >= 15 is 0 Å². The van der Waals surface area contributed by atoms with Crippen molar-refractivity contribution in [3.05, 3.63) is 21.9 Å². The lowest BCUT2D eigenvalue weighted by atomic mass is 9.78. The van der Waals surface area contributed by atoms with Gasteiger partial charge in [0, 0.05) is 21.7 Å². The molecule has 1 saturated carbocycles. The molecule has 0 bridgehead atoms. The molecule has 0 aliphatic heterocycles. The van der Waals surface area contributed by atoms with Gasteiger partial charge in [0.15, 0.2) is 5.78 Å². The number of carbonyl (C=O) groups is 1. The molecule has 1 aromatic rings. The average molecular weight is 236 g/mol. The van der Waals surface area contributed by atoms with Gasteiger partial charge < -0.3 is 0 Å². The zero-order chi connectivity index (χ0) is 11.5. The van der Waals surface area contributed by atoms with Crippen LogP contribution in [0.4, 0.5) is 0 Å². The van der Waals surface area contributed by atoms with E-state index in [9.17, 15) is 4.79 Å². The third-order valence-electron chi connectivity index (χ3n) is 3.81. The van der Waals surface area contributed by atoms with Crippen molar-refractivity contribution < 1.29 is 4.79 Å². The van der Waals surface area contributed by atoms with E-state index in [1.54, 1.807) is 11.3 Å². The first kappa shape index (κ1) is 11.8. The van der Waals surface area contributed by atoms with Crippen LogP contribution in [0.15, 0.2) is 11.4 Å². The second-order valence-corrected chi connectivity index (χ2v) is 6.05. The second kappa shape index (κ2) is 5.13. The smallest absolute Gasteiger partial charge is 0.166 e. The third-order valence-corrected chi connectivity index (χ3v) is 4.67. The molecule has 1 aliphatic rings. The number of rotatable bonds is 3. The van der Waals surface area contributed by atoms with Gasteiger partial charge in [0.1, 0.15) is 0 Å². The minimum atomic E-state index is 0.303. The molecular formula is C14H20OS. The van der Waals surface area contributed by atoms with Gasteiger partial charge in [-0.05, 0) is 44.6 Å². The van der Waals surface area contributed by atoms with E-state index in [4.69, 9.17) is 0 Å². The predicted molar refractivity (Wildman–Crippen MR) is 69.1 cm³/mol. The molecule has 16 heavy (non-hydrogen) atoms. The van der Waals surface area contributed by atoms with E-state index in [-0.39, 0.29) is 0 Å². The molecule has 0 spiro atoms. The molecule has 1 aromatic heterocycles. The standard InChI is InChI=1S/C14H20OS/c1-3-11-4-6-12(7-5-11)14(15)13-8-10(2)16-9-13/h8-9,11-12H,3-7H2,1-2H3. The molecule has 1 heterocycles. The Morgan fingerprint density at radius 1 is 1.38 bits per heavy atom. The minimum absolute atomic E-state index is 0.303. The summed E-state index contributed by atoms with van der Waals surface area (Å²) in [5.74, 6) is 1.56. The van der Waals surface area contributed by atoms with Crippen molar-refractivity contribution in [2.24, 2.45) is 11.8 Å². The summed E-state index contributed by atoms with van der Waals surface area (Å²) in [6.07, 6.45) is 5.98. The van der Waals surface area contributed by atoms with E-state index < -0.39 is 0 Å². The first-order valence-corrected chi connectivity index (χ1v) is 7.18. The molecule has 0 atom stereocenters. The van der Waals surface area contributed by atoms with Gasteiger partial charge in [-0.2, -0.15) is 0 Å². The van der Waals surface area contributed by atoms with Crippen LogP contribution in [0.2, 0.25) is 0 Å². The molecule has 0 radical (unpaired) electrons. The number of carbonyl (C=O) groups excluding carboxylic acids is 1. The maximum absolute atomic E-state index is 12.2. The molecule has 1 fully saturated rings. The number of thiophene rings is 1. The second-order valence-electron chi connectivity index (χ2n) is 4.94. The SMILES string of the molecule is CCC1CCC(C(=O)c2csc(C)c2)CC1. The normalized spacial score (nSPS) is 25.6. The molecule has 2 rings (SSSR count). The fourth-order valence-corrected chi connectivity index (χ4v) is 3.33. The third kappa shape index (κ3) is 2.54. The maximum atomic E-state index is 12.2. The van der Waals surface area contributed by atoms with E-state index in [0.717, 1.165) is 24.3 Å². The van der Waals surface area contributed by atoms with Crippen LogP contribution in [0.25, 0.3) is 0 Å². The number of hydrogen-bond donors (Lipinski definition) is 0. The number of ketones is 1. The Morgan fingerprint density at radius 3 is 2.56 bits per heavy atom. The molecule has 0 amide bonds. The highest BCUT2D eigenvalue weighted by molar-refractivity contribution is 7.10. The highest BCUT2D eigenvalue weighted by Gasteiger charge is 2.26. The van der Waals surface area contributed by atoms with Gasteiger partial charge in [-0.3, -0.25) is 4.79 Å². The molecule has 1 nitrogen and oxygen atoms in total. The first-order valence-electron chi connectivity index (χ1n) is 6.30. The van der Waals surface area contributed by atoms with Gasteiger partial charge in [-0.15, -0.1) is 11.3 Å². The highest BCUT2D eigenvalue weighted by atomic mass is 32.1. The molecule has 1 aliphatic carbocycles. The fourth-order valence-electron chi connectivity index (χ4n) is 2.64. The zero-order valence-corrected chi connectivity index (χ0v) is 11.0. The van der Waals surface area contributed by atoms with Crippen LogP contribution in [-0.4, -0.2) is 5.78 Å². The largest absolute Gasteiger partial charge is 0.294 e. The van der Waals surface area contributed by atoms with Crippen molar-refractivity contribution in [1.29, 1.82) is 0 Å². The van der Waals surface area contributed by atoms with Gasteiger partial charge in [0.25, 0.3) is 0 Å².